The van der Waals surface area contributed by atoms with Crippen molar-refractivity contribution in [3.8, 4) is 0 Å². The number of carbonyl (C=O) groups excluding carboxylic acids is 2. The molecule has 1 saturated heterocycles. The number of hydrogen-bond donors (Lipinski definition) is 1. The molecule has 6 nitrogen and oxygen atoms in total. The molecule has 0 atom stereocenters. The van der Waals surface area contributed by atoms with Crippen molar-refractivity contribution < 1.29 is 9.59 Å². The fourth-order valence-corrected chi connectivity index (χ4v) is 3.93. The molecule has 3 aromatic rings. The van der Waals surface area contributed by atoms with Crippen LogP contribution in [-0.2, 0) is 0 Å². The Bertz CT molecular complexity index is 1090. The molecule has 1 N–H and O–H groups in total. The van der Waals surface area contributed by atoms with Crippen molar-refractivity contribution in [2.24, 2.45) is 5.92 Å². The molecule has 0 spiro atoms. The average Bonchev–Trinajstić information content (AvgIpc) is 2.83. The standard InChI is InChI=1S/C26H30N4O2/c1-19(2)11-12-27-25(31)23-9-10-24(28-18-23)29-13-15-30(16-14-29)26(32)22-8-7-20-5-3-4-6-21(20)17-22/h3-10,17-19H,11-16H2,1-2H3,(H,27,31). The van der Waals surface area contributed by atoms with Crippen molar-refractivity contribution >= 4 is 28.4 Å². The van der Waals surface area contributed by atoms with Crippen molar-refractivity contribution in [3.05, 3.63) is 71.9 Å². The van der Waals surface area contributed by atoms with Gasteiger partial charge >= 0.3 is 0 Å². The van der Waals surface area contributed by atoms with Crippen LogP contribution in [0.4, 0.5) is 5.82 Å². The van der Waals surface area contributed by atoms with Crippen LogP contribution in [-0.4, -0.2) is 54.4 Å². The molecule has 0 aliphatic carbocycles. The third kappa shape index (κ3) is 5.07. The third-order valence-corrected chi connectivity index (χ3v) is 5.90. The van der Waals surface area contributed by atoms with E-state index in [1.165, 1.54) is 0 Å². The lowest BCUT2D eigenvalue weighted by molar-refractivity contribution is 0.0746. The first-order valence-electron chi connectivity index (χ1n) is 11.3. The molecule has 0 saturated carbocycles. The number of rotatable bonds is 6. The van der Waals surface area contributed by atoms with E-state index in [1.54, 1.807) is 6.20 Å². The topological polar surface area (TPSA) is 65.5 Å². The lowest BCUT2D eigenvalue weighted by atomic mass is 10.1. The zero-order valence-electron chi connectivity index (χ0n) is 18.8. The van der Waals surface area contributed by atoms with Crippen LogP contribution < -0.4 is 10.2 Å². The van der Waals surface area contributed by atoms with Crippen LogP contribution in [0.25, 0.3) is 10.8 Å². The van der Waals surface area contributed by atoms with Gasteiger partial charge in [-0.15, -0.1) is 0 Å². The molecule has 1 aliphatic rings. The highest BCUT2D eigenvalue weighted by Gasteiger charge is 2.23. The number of hydrogen-bond acceptors (Lipinski definition) is 4. The molecule has 2 aromatic carbocycles. The minimum absolute atomic E-state index is 0.0665. The Morgan fingerprint density at radius 1 is 0.938 bits per heavy atom. The van der Waals surface area contributed by atoms with Gasteiger partial charge in [-0.05, 0) is 47.4 Å². The van der Waals surface area contributed by atoms with E-state index in [2.05, 4.69) is 35.1 Å². The van der Waals surface area contributed by atoms with Gasteiger partial charge in [0, 0.05) is 44.5 Å². The molecule has 32 heavy (non-hydrogen) atoms. The van der Waals surface area contributed by atoms with Crippen LogP contribution in [0.15, 0.2) is 60.8 Å². The minimum Gasteiger partial charge on any atom is -0.353 e. The van der Waals surface area contributed by atoms with Crippen molar-refractivity contribution in [3.63, 3.8) is 0 Å². The van der Waals surface area contributed by atoms with E-state index in [0.29, 0.717) is 44.2 Å². The summed E-state index contributed by atoms with van der Waals surface area (Å²) in [7, 11) is 0. The number of pyridine rings is 1. The second-order valence-corrected chi connectivity index (χ2v) is 8.68. The molecule has 1 fully saturated rings. The van der Waals surface area contributed by atoms with E-state index in [-0.39, 0.29) is 11.8 Å². The Labute approximate surface area is 189 Å². The number of piperazine rings is 1. The first-order valence-corrected chi connectivity index (χ1v) is 11.3. The molecule has 0 unspecified atom stereocenters. The molecule has 1 aliphatic heterocycles. The van der Waals surface area contributed by atoms with Crippen LogP contribution in [0.5, 0.6) is 0 Å². The second kappa shape index (κ2) is 9.81. The Morgan fingerprint density at radius 3 is 2.34 bits per heavy atom. The molecule has 1 aromatic heterocycles. The van der Waals surface area contributed by atoms with Gasteiger partial charge in [0.25, 0.3) is 11.8 Å². The Hall–Kier alpha value is -3.41. The molecular weight excluding hydrogens is 400 g/mol. The van der Waals surface area contributed by atoms with Crippen LogP contribution in [0.1, 0.15) is 41.0 Å². The molecule has 4 rings (SSSR count). The predicted molar refractivity (Wildman–Crippen MR) is 128 cm³/mol. The van der Waals surface area contributed by atoms with Crippen molar-refractivity contribution in [2.75, 3.05) is 37.6 Å². The Balaban J connectivity index is 1.33. The highest BCUT2D eigenvalue weighted by Crippen LogP contribution is 2.19. The number of anilines is 1. The Morgan fingerprint density at radius 2 is 1.66 bits per heavy atom. The summed E-state index contributed by atoms with van der Waals surface area (Å²) in [4.78, 5) is 33.8. The molecule has 2 amide bonds. The summed E-state index contributed by atoms with van der Waals surface area (Å²) in [6.45, 7) is 7.66. The summed E-state index contributed by atoms with van der Waals surface area (Å²) in [5.41, 5.74) is 1.30. The molecular formula is C26H30N4O2. The van der Waals surface area contributed by atoms with Crippen LogP contribution in [0.3, 0.4) is 0 Å². The van der Waals surface area contributed by atoms with Gasteiger partial charge in [0.2, 0.25) is 0 Å². The van der Waals surface area contributed by atoms with E-state index in [9.17, 15) is 9.59 Å². The lowest BCUT2D eigenvalue weighted by Crippen LogP contribution is -2.49. The SMILES string of the molecule is CC(C)CCNC(=O)c1ccc(N2CCN(C(=O)c3ccc4ccccc4c3)CC2)nc1. The van der Waals surface area contributed by atoms with E-state index in [0.717, 1.165) is 28.6 Å². The van der Waals surface area contributed by atoms with Gasteiger partial charge in [-0.25, -0.2) is 4.98 Å². The number of nitrogens with one attached hydrogen (secondary N) is 1. The van der Waals surface area contributed by atoms with Crippen molar-refractivity contribution in [2.45, 2.75) is 20.3 Å². The summed E-state index contributed by atoms with van der Waals surface area (Å²) >= 11 is 0. The number of benzene rings is 2. The van der Waals surface area contributed by atoms with E-state index >= 15 is 0 Å². The van der Waals surface area contributed by atoms with Crippen molar-refractivity contribution in [1.82, 2.24) is 15.2 Å². The second-order valence-electron chi connectivity index (χ2n) is 8.68. The maximum Gasteiger partial charge on any atom is 0.253 e. The van der Waals surface area contributed by atoms with Gasteiger partial charge < -0.3 is 15.1 Å². The first-order chi connectivity index (χ1) is 15.5. The summed E-state index contributed by atoms with van der Waals surface area (Å²) in [6.07, 6.45) is 2.59. The lowest BCUT2D eigenvalue weighted by Gasteiger charge is -2.35. The van der Waals surface area contributed by atoms with Crippen LogP contribution in [0, 0.1) is 5.92 Å². The molecule has 0 bridgehead atoms. The molecule has 166 valence electrons. The van der Waals surface area contributed by atoms with Gasteiger partial charge in [0.05, 0.1) is 5.56 Å². The number of fused-ring (bicyclic) bond motifs is 1. The first kappa shape index (κ1) is 21.8. The maximum atomic E-state index is 13.0. The summed E-state index contributed by atoms with van der Waals surface area (Å²) in [5, 5.41) is 5.15. The minimum atomic E-state index is -0.0875. The van der Waals surface area contributed by atoms with E-state index in [4.69, 9.17) is 0 Å². The van der Waals surface area contributed by atoms with Crippen LogP contribution in [0.2, 0.25) is 0 Å². The van der Waals surface area contributed by atoms with Gasteiger partial charge in [-0.2, -0.15) is 0 Å². The van der Waals surface area contributed by atoms with Gasteiger partial charge in [0.15, 0.2) is 0 Å². The van der Waals surface area contributed by atoms with Gasteiger partial charge in [-0.3, -0.25) is 9.59 Å². The quantitative estimate of drug-likeness (QED) is 0.643. The molecule has 0 radical (unpaired) electrons. The zero-order valence-corrected chi connectivity index (χ0v) is 18.8. The number of amides is 2. The van der Waals surface area contributed by atoms with E-state index in [1.807, 2.05) is 53.4 Å². The fourth-order valence-electron chi connectivity index (χ4n) is 3.93. The normalized spacial score (nSPS) is 14.1. The van der Waals surface area contributed by atoms with Crippen LogP contribution >= 0.6 is 0 Å². The van der Waals surface area contributed by atoms with Gasteiger partial charge in [-0.1, -0.05) is 44.2 Å². The van der Waals surface area contributed by atoms with Crippen molar-refractivity contribution in [1.29, 1.82) is 0 Å². The largest absolute Gasteiger partial charge is 0.353 e. The molecule has 2 heterocycles. The highest BCUT2D eigenvalue weighted by molar-refractivity contribution is 5.98. The van der Waals surface area contributed by atoms with E-state index < -0.39 is 0 Å². The number of aromatic nitrogens is 1. The van der Waals surface area contributed by atoms with Gasteiger partial charge in [0.1, 0.15) is 5.82 Å². The fraction of sp³-hybridized carbons (Fsp3) is 0.346. The highest BCUT2D eigenvalue weighted by atomic mass is 16.2. The summed E-state index contributed by atoms with van der Waals surface area (Å²) in [5.74, 6) is 1.37. The third-order valence-electron chi connectivity index (χ3n) is 5.90. The average molecular weight is 431 g/mol. The monoisotopic (exact) mass is 430 g/mol. The zero-order chi connectivity index (χ0) is 22.5. The Kier molecular flexibility index (Phi) is 6.69. The smallest absolute Gasteiger partial charge is 0.253 e. The molecule has 6 heteroatoms. The summed E-state index contributed by atoms with van der Waals surface area (Å²) < 4.78 is 0. The maximum absolute atomic E-state index is 13.0. The summed E-state index contributed by atoms with van der Waals surface area (Å²) in [6, 6.07) is 17.7. The predicted octanol–water partition coefficient (Wildman–Crippen LogP) is 3.97. The number of nitrogens with zero attached hydrogens (tertiary/aromatic N) is 3. The number of carbonyl (C=O) groups is 2.